The number of rotatable bonds is 6. The molecule has 8 heteroatoms. The summed E-state index contributed by atoms with van der Waals surface area (Å²) < 4.78 is 4.93. The number of urea groups is 1. The first-order valence-corrected chi connectivity index (χ1v) is 9.90. The number of hydrogen-bond acceptors (Lipinski definition) is 5. The van der Waals surface area contributed by atoms with E-state index in [9.17, 15) is 14.4 Å². The van der Waals surface area contributed by atoms with Crippen molar-refractivity contribution in [1.29, 1.82) is 0 Å². The van der Waals surface area contributed by atoms with Crippen LogP contribution in [0.4, 0.5) is 9.59 Å². The van der Waals surface area contributed by atoms with E-state index >= 15 is 0 Å². The Morgan fingerprint density at radius 2 is 1.82 bits per heavy atom. The van der Waals surface area contributed by atoms with Gasteiger partial charge in [-0.25, -0.2) is 9.59 Å². The zero-order valence-corrected chi connectivity index (χ0v) is 15.9. The van der Waals surface area contributed by atoms with Crippen LogP contribution >= 0.6 is 0 Å². The first-order chi connectivity index (χ1) is 13.6. The number of nitrogens with one attached hydrogen (secondary N) is 2. The van der Waals surface area contributed by atoms with Gasteiger partial charge in [-0.15, -0.1) is 0 Å². The molecule has 3 saturated heterocycles. The minimum atomic E-state index is -0.925. The molecule has 4 amide bonds. The lowest BCUT2D eigenvalue weighted by Gasteiger charge is -2.38. The van der Waals surface area contributed by atoms with Crippen molar-refractivity contribution in [2.45, 2.75) is 24.8 Å². The van der Waals surface area contributed by atoms with Crippen LogP contribution in [0.15, 0.2) is 30.3 Å². The zero-order valence-electron chi connectivity index (χ0n) is 15.9. The number of amides is 4. The molecule has 0 radical (unpaired) electrons. The minimum absolute atomic E-state index is 0.0761. The van der Waals surface area contributed by atoms with E-state index in [0.717, 1.165) is 31.5 Å². The van der Waals surface area contributed by atoms with Gasteiger partial charge < -0.3 is 20.3 Å². The summed E-state index contributed by atoms with van der Waals surface area (Å²) in [5.41, 5.74) is 0.103. The largest absolute Gasteiger partial charge is 0.448 e. The number of nitrogens with zero attached hydrogens (tertiary/aromatic N) is 2. The van der Waals surface area contributed by atoms with E-state index in [1.165, 1.54) is 9.80 Å². The van der Waals surface area contributed by atoms with Crippen LogP contribution in [0.5, 0.6) is 0 Å². The second-order valence-electron chi connectivity index (χ2n) is 7.65. The highest BCUT2D eigenvalue weighted by atomic mass is 16.6. The standard InChI is InChI=1S/C20H26N4O4/c25-17-20(16-6-8-21-9-7-16,14-15-4-2-1-3-5-15)22-18(26)24(17)11-10-23-12-13-28-19(23)27/h1-5,16,21H,6-14H2,(H,22,26)/t20-/m1/s1. The highest BCUT2D eigenvalue weighted by Crippen LogP contribution is 2.35. The molecule has 4 rings (SSSR count). The van der Waals surface area contributed by atoms with Crippen molar-refractivity contribution in [3.05, 3.63) is 35.9 Å². The van der Waals surface area contributed by atoms with Gasteiger partial charge in [-0.3, -0.25) is 9.69 Å². The zero-order chi connectivity index (χ0) is 19.6. The number of imide groups is 1. The van der Waals surface area contributed by atoms with Gasteiger partial charge in [0.15, 0.2) is 0 Å². The summed E-state index contributed by atoms with van der Waals surface area (Å²) >= 11 is 0. The maximum absolute atomic E-state index is 13.5. The Kier molecular flexibility index (Phi) is 5.21. The van der Waals surface area contributed by atoms with Crippen molar-refractivity contribution < 1.29 is 19.1 Å². The molecule has 3 aliphatic heterocycles. The fourth-order valence-corrected chi connectivity index (χ4v) is 4.47. The van der Waals surface area contributed by atoms with Crippen molar-refractivity contribution in [1.82, 2.24) is 20.4 Å². The minimum Gasteiger partial charge on any atom is -0.448 e. The first-order valence-electron chi connectivity index (χ1n) is 9.90. The Labute approximate surface area is 164 Å². The quantitative estimate of drug-likeness (QED) is 0.711. The average molecular weight is 386 g/mol. The van der Waals surface area contributed by atoms with Crippen molar-refractivity contribution in [2.24, 2.45) is 5.92 Å². The van der Waals surface area contributed by atoms with Crippen LogP contribution in [0, 0.1) is 5.92 Å². The molecule has 0 aromatic heterocycles. The highest BCUT2D eigenvalue weighted by Gasteiger charge is 2.55. The summed E-state index contributed by atoms with van der Waals surface area (Å²) in [6, 6.07) is 9.45. The van der Waals surface area contributed by atoms with E-state index < -0.39 is 5.54 Å². The number of cyclic esters (lactones) is 1. The number of ether oxygens (including phenoxy) is 1. The molecule has 0 saturated carbocycles. The van der Waals surface area contributed by atoms with Crippen LogP contribution in [-0.4, -0.2) is 72.7 Å². The molecule has 3 fully saturated rings. The lowest BCUT2D eigenvalue weighted by Crippen LogP contribution is -2.57. The third-order valence-electron chi connectivity index (χ3n) is 6.00. The second-order valence-corrected chi connectivity index (χ2v) is 7.65. The lowest BCUT2D eigenvalue weighted by atomic mass is 9.74. The summed E-state index contributed by atoms with van der Waals surface area (Å²) in [6.07, 6.45) is 1.77. The SMILES string of the molecule is O=C1OCCN1CCN1C(=O)N[C@](Cc2ccccc2)(C2CCNCC2)C1=O. The predicted molar refractivity (Wildman–Crippen MR) is 102 cm³/mol. The first kappa shape index (κ1) is 18.7. The molecule has 0 aliphatic carbocycles. The van der Waals surface area contributed by atoms with Gasteiger partial charge in [0, 0.05) is 19.5 Å². The Balaban J connectivity index is 1.55. The molecular weight excluding hydrogens is 360 g/mol. The smallest absolute Gasteiger partial charge is 0.410 e. The Morgan fingerprint density at radius 3 is 2.50 bits per heavy atom. The van der Waals surface area contributed by atoms with Crippen LogP contribution in [0.2, 0.25) is 0 Å². The van der Waals surface area contributed by atoms with E-state index in [0.29, 0.717) is 26.1 Å². The van der Waals surface area contributed by atoms with Crippen LogP contribution in [0.25, 0.3) is 0 Å². The number of benzene rings is 1. The molecule has 0 spiro atoms. The Morgan fingerprint density at radius 1 is 1.07 bits per heavy atom. The van der Waals surface area contributed by atoms with Gasteiger partial charge in [0.05, 0.1) is 6.54 Å². The molecule has 28 heavy (non-hydrogen) atoms. The summed E-state index contributed by atoms with van der Waals surface area (Å²) in [5, 5.41) is 6.38. The number of carbonyl (C=O) groups excluding carboxylic acids is 3. The molecule has 1 atom stereocenters. The van der Waals surface area contributed by atoms with Crippen LogP contribution in [-0.2, 0) is 16.0 Å². The number of hydrogen-bond donors (Lipinski definition) is 2. The maximum Gasteiger partial charge on any atom is 0.410 e. The van der Waals surface area contributed by atoms with Crippen molar-refractivity contribution in [2.75, 3.05) is 39.3 Å². The summed E-state index contributed by atoms with van der Waals surface area (Å²) in [4.78, 5) is 40.7. The topological polar surface area (TPSA) is 91.0 Å². The molecule has 8 nitrogen and oxygen atoms in total. The van der Waals surface area contributed by atoms with Crippen LogP contribution in [0.1, 0.15) is 18.4 Å². The fraction of sp³-hybridized carbons (Fsp3) is 0.550. The Bertz CT molecular complexity index is 750. The highest BCUT2D eigenvalue weighted by molar-refractivity contribution is 6.07. The number of piperidine rings is 1. The maximum atomic E-state index is 13.5. The van der Waals surface area contributed by atoms with Crippen LogP contribution < -0.4 is 10.6 Å². The summed E-state index contributed by atoms with van der Waals surface area (Å²) in [7, 11) is 0. The molecule has 150 valence electrons. The van der Waals surface area contributed by atoms with Gasteiger partial charge in [0.1, 0.15) is 12.1 Å². The van der Waals surface area contributed by atoms with Gasteiger partial charge in [-0.1, -0.05) is 30.3 Å². The Hall–Kier alpha value is -2.61. The van der Waals surface area contributed by atoms with E-state index in [1.807, 2.05) is 30.3 Å². The summed E-state index contributed by atoms with van der Waals surface area (Å²) in [6.45, 7) is 3.00. The van der Waals surface area contributed by atoms with E-state index in [1.54, 1.807) is 0 Å². The van der Waals surface area contributed by atoms with Gasteiger partial charge in [-0.2, -0.15) is 0 Å². The third-order valence-corrected chi connectivity index (χ3v) is 6.00. The normalized spacial score (nSPS) is 25.9. The molecular formula is C20H26N4O4. The molecule has 3 aliphatic rings. The lowest BCUT2D eigenvalue weighted by molar-refractivity contribution is -0.133. The third kappa shape index (κ3) is 3.44. The van der Waals surface area contributed by atoms with E-state index in [2.05, 4.69) is 10.6 Å². The van der Waals surface area contributed by atoms with Crippen molar-refractivity contribution in [3.63, 3.8) is 0 Å². The van der Waals surface area contributed by atoms with Gasteiger partial charge >= 0.3 is 12.1 Å². The van der Waals surface area contributed by atoms with Crippen LogP contribution in [0.3, 0.4) is 0 Å². The fourth-order valence-electron chi connectivity index (χ4n) is 4.47. The van der Waals surface area contributed by atoms with Gasteiger partial charge in [0.2, 0.25) is 0 Å². The second kappa shape index (κ2) is 7.79. The summed E-state index contributed by atoms with van der Waals surface area (Å²) in [5.74, 6) is -0.104. The van der Waals surface area contributed by atoms with Crippen molar-refractivity contribution in [3.8, 4) is 0 Å². The molecule has 0 unspecified atom stereocenters. The van der Waals surface area contributed by atoms with Gasteiger partial charge in [0.25, 0.3) is 5.91 Å². The van der Waals surface area contributed by atoms with E-state index in [4.69, 9.17) is 4.74 Å². The number of carbonyl (C=O) groups is 3. The molecule has 0 bridgehead atoms. The predicted octanol–water partition coefficient (Wildman–Crippen LogP) is 0.971. The van der Waals surface area contributed by atoms with E-state index in [-0.39, 0.29) is 30.5 Å². The molecule has 1 aromatic rings. The molecule has 1 aromatic carbocycles. The molecule has 2 N–H and O–H groups in total. The van der Waals surface area contributed by atoms with Crippen molar-refractivity contribution >= 4 is 18.0 Å². The molecule has 3 heterocycles. The van der Waals surface area contributed by atoms with Gasteiger partial charge in [-0.05, 0) is 37.4 Å². The monoisotopic (exact) mass is 386 g/mol. The average Bonchev–Trinajstić information content (AvgIpc) is 3.23.